The van der Waals surface area contributed by atoms with E-state index in [1.54, 1.807) is 36.5 Å². The average Bonchev–Trinajstić information content (AvgIpc) is 2.99. The highest BCUT2D eigenvalue weighted by atomic mass is 19.2. The van der Waals surface area contributed by atoms with Crippen molar-refractivity contribution in [1.29, 1.82) is 0 Å². The first-order valence-corrected chi connectivity index (χ1v) is 10.6. The fraction of sp³-hybridized carbons (Fsp3) is 0.435. The summed E-state index contributed by atoms with van der Waals surface area (Å²) in [5.41, 5.74) is 0.107. The van der Waals surface area contributed by atoms with E-state index in [4.69, 9.17) is 4.74 Å². The molecule has 2 aromatic rings. The number of aromatic nitrogens is 1. The quantitative estimate of drug-likeness (QED) is 0.615. The molecule has 0 radical (unpaired) electrons. The third-order valence-electron chi connectivity index (χ3n) is 6.31. The smallest absolute Gasteiger partial charge is 0.328 e. The lowest BCUT2D eigenvalue weighted by molar-refractivity contribution is -0.136. The number of likely N-dealkylation sites (tertiary alicyclic amines) is 1. The number of carbonyl (C=O) groups is 2. The minimum atomic E-state index is -0.950. The van der Waals surface area contributed by atoms with Gasteiger partial charge in [0.2, 0.25) is 0 Å². The van der Waals surface area contributed by atoms with Gasteiger partial charge in [-0.2, -0.15) is 0 Å². The Hall–Kier alpha value is -2.91. The zero-order chi connectivity index (χ0) is 22.7. The molecule has 7 nitrogen and oxygen atoms in total. The number of imide groups is 1. The predicted octanol–water partition coefficient (Wildman–Crippen LogP) is 2.81. The van der Waals surface area contributed by atoms with E-state index in [9.17, 15) is 18.4 Å². The molecule has 2 aliphatic rings. The molecular formula is C23H26F2N4O3. The van der Waals surface area contributed by atoms with E-state index in [2.05, 4.69) is 4.98 Å². The van der Waals surface area contributed by atoms with Crippen LogP contribution in [0.2, 0.25) is 0 Å². The number of carbonyl (C=O) groups excluding carboxylic acids is 2. The Morgan fingerprint density at radius 3 is 2.56 bits per heavy atom. The van der Waals surface area contributed by atoms with Crippen molar-refractivity contribution in [1.82, 2.24) is 19.7 Å². The summed E-state index contributed by atoms with van der Waals surface area (Å²) >= 11 is 0. The van der Waals surface area contributed by atoms with Crippen LogP contribution in [0.1, 0.15) is 24.0 Å². The average molecular weight is 444 g/mol. The first-order chi connectivity index (χ1) is 15.5. The summed E-state index contributed by atoms with van der Waals surface area (Å²) in [6, 6.07) is 7.41. The molecule has 170 valence electrons. The zero-order valence-corrected chi connectivity index (χ0v) is 18.0. The van der Waals surface area contributed by atoms with Gasteiger partial charge in [0, 0.05) is 51.2 Å². The lowest BCUT2D eigenvalue weighted by Crippen LogP contribution is -2.57. The Morgan fingerprint density at radius 2 is 1.88 bits per heavy atom. The number of nitrogens with zero attached hydrogens (tertiary/aromatic N) is 4. The number of benzene rings is 1. The maximum atomic E-state index is 14.1. The van der Waals surface area contributed by atoms with Gasteiger partial charge in [-0.05, 0) is 30.5 Å². The summed E-state index contributed by atoms with van der Waals surface area (Å²) in [6.45, 7) is 2.01. The Bertz CT molecular complexity index is 980. The number of amides is 3. The fourth-order valence-corrected chi connectivity index (χ4v) is 4.56. The summed E-state index contributed by atoms with van der Waals surface area (Å²) in [4.78, 5) is 35.7. The lowest BCUT2D eigenvalue weighted by Gasteiger charge is -2.42. The summed E-state index contributed by atoms with van der Waals surface area (Å²) in [5, 5.41) is 0. The summed E-state index contributed by atoms with van der Waals surface area (Å²) < 4.78 is 32.8. The minimum absolute atomic E-state index is 0.162. The number of ether oxygens (including phenoxy) is 1. The van der Waals surface area contributed by atoms with Crippen molar-refractivity contribution in [3.8, 4) is 0 Å². The second-order valence-corrected chi connectivity index (χ2v) is 8.20. The first-order valence-electron chi connectivity index (χ1n) is 10.6. The molecule has 0 atom stereocenters. The molecule has 32 heavy (non-hydrogen) atoms. The van der Waals surface area contributed by atoms with E-state index in [0.717, 1.165) is 11.6 Å². The lowest BCUT2D eigenvalue weighted by atomic mass is 9.85. The molecule has 1 aromatic heterocycles. The van der Waals surface area contributed by atoms with Gasteiger partial charge in [0.25, 0.3) is 5.91 Å². The molecule has 4 rings (SSSR count). The number of methoxy groups -OCH3 is 1. The van der Waals surface area contributed by atoms with Crippen LogP contribution in [0.4, 0.5) is 13.6 Å². The molecule has 3 heterocycles. The van der Waals surface area contributed by atoms with E-state index in [-0.39, 0.29) is 30.6 Å². The number of urea groups is 1. The van der Waals surface area contributed by atoms with Crippen LogP contribution >= 0.6 is 0 Å². The molecule has 0 saturated carbocycles. The predicted molar refractivity (Wildman–Crippen MR) is 112 cm³/mol. The Labute approximate surface area is 185 Å². The molecule has 2 fully saturated rings. The molecular weight excluding hydrogens is 418 g/mol. The largest absolute Gasteiger partial charge is 0.383 e. The SMILES string of the molecule is COCCN1C(=O)N(Cc2cccnc2)C(=O)C12CCN(Cc1cccc(F)c1F)CC2. The number of hydrogen-bond acceptors (Lipinski definition) is 5. The van der Waals surface area contributed by atoms with Gasteiger partial charge in [-0.1, -0.05) is 18.2 Å². The topological polar surface area (TPSA) is 66.0 Å². The van der Waals surface area contributed by atoms with Crippen molar-refractivity contribution in [2.45, 2.75) is 31.5 Å². The second-order valence-electron chi connectivity index (χ2n) is 8.20. The first kappa shape index (κ1) is 22.3. The van der Waals surface area contributed by atoms with Crippen molar-refractivity contribution in [3.05, 3.63) is 65.5 Å². The number of hydrogen-bond donors (Lipinski definition) is 0. The van der Waals surface area contributed by atoms with Crippen LogP contribution in [0, 0.1) is 11.6 Å². The van der Waals surface area contributed by atoms with Crippen molar-refractivity contribution >= 4 is 11.9 Å². The van der Waals surface area contributed by atoms with Crippen LogP contribution in [0.5, 0.6) is 0 Å². The van der Waals surface area contributed by atoms with E-state index in [1.165, 1.54) is 11.0 Å². The number of halogens is 2. The molecule has 1 spiro atoms. The highest BCUT2D eigenvalue weighted by Crippen LogP contribution is 2.38. The molecule has 0 aliphatic carbocycles. The van der Waals surface area contributed by atoms with Crippen LogP contribution < -0.4 is 0 Å². The number of rotatable bonds is 7. The molecule has 3 amide bonds. The molecule has 9 heteroatoms. The van der Waals surface area contributed by atoms with E-state index in [1.807, 2.05) is 11.0 Å². The number of pyridine rings is 1. The maximum absolute atomic E-state index is 14.1. The van der Waals surface area contributed by atoms with Crippen molar-refractivity contribution in [3.63, 3.8) is 0 Å². The minimum Gasteiger partial charge on any atom is -0.383 e. The molecule has 0 unspecified atom stereocenters. The standard InChI is InChI=1S/C23H26F2N4O3/c1-32-13-12-29-22(31)28(15-17-4-3-9-26-14-17)21(30)23(29)7-10-27(11-8-23)16-18-5-2-6-19(24)20(18)25/h2-6,9,14H,7-8,10-13,15-16H2,1H3. The van der Waals surface area contributed by atoms with Gasteiger partial charge in [-0.3, -0.25) is 19.6 Å². The van der Waals surface area contributed by atoms with E-state index >= 15 is 0 Å². The maximum Gasteiger partial charge on any atom is 0.328 e. The summed E-state index contributed by atoms with van der Waals surface area (Å²) in [5.74, 6) is -1.94. The molecule has 2 saturated heterocycles. The van der Waals surface area contributed by atoms with Gasteiger partial charge in [0.05, 0.1) is 13.2 Å². The summed E-state index contributed by atoms with van der Waals surface area (Å²) in [7, 11) is 1.55. The fourth-order valence-electron chi connectivity index (χ4n) is 4.56. The Balaban J connectivity index is 1.51. The monoisotopic (exact) mass is 444 g/mol. The van der Waals surface area contributed by atoms with Gasteiger partial charge in [-0.15, -0.1) is 0 Å². The number of piperidine rings is 1. The van der Waals surface area contributed by atoms with Crippen LogP contribution in [0.3, 0.4) is 0 Å². The third kappa shape index (κ3) is 4.10. The zero-order valence-electron chi connectivity index (χ0n) is 18.0. The van der Waals surface area contributed by atoms with E-state index < -0.39 is 17.2 Å². The normalized spacial score (nSPS) is 18.7. The van der Waals surface area contributed by atoms with Gasteiger partial charge in [0.15, 0.2) is 11.6 Å². The molecule has 1 aromatic carbocycles. The van der Waals surface area contributed by atoms with Gasteiger partial charge < -0.3 is 9.64 Å². The van der Waals surface area contributed by atoms with Gasteiger partial charge in [-0.25, -0.2) is 13.6 Å². The van der Waals surface area contributed by atoms with Crippen molar-refractivity contribution in [2.75, 3.05) is 33.4 Å². The van der Waals surface area contributed by atoms with Gasteiger partial charge in [0.1, 0.15) is 5.54 Å². The second kappa shape index (κ2) is 9.30. The molecule has 0 N–H and O–H groups in total. The van der Waals surface area contributed by atoms with Crippen LogP contribution in [0.25, 0.3) is 0 Å². The van der Waals surface area contributed by atoms with E-state index in [0.29, 0.717) is 39.1 Å². The Morgan fingerprint density at radius 1 is 1.09 bits per heavy atom. The third-order valence-corrected chi connectivity index (χ3v) is 6.31. The molecule has 0 bridgehead atoms. The van der Waals surface area contributed by atoms with Crippen LogP contribution in [0.15, 0.2) is 42.7 Å². The Kier molecular flexibility index (Phi) is 6.48. The van der Waals surface area contributed by atoms with Crippen molar-refractivity contribution in [2.24, 2.45) is 0 Å². The highest BCUT2D eigenvalue weighted by molar-refractivity contribution is 6.07. The van der Waals surface area contributed by atoms with Crippen LogP contribution in [-0.4, -0.2) is 70.5 Å². The van der Waals surface area contributed by atoms with Gasteiger partial charge >= 0.3 is 6.03 Å². The van der Waals surface area contributed by atoms with Crippen LogP contribution in [-0.2, 0) is 22.6 Å². The van der Waals surface area contributed by atoms with Crippen molar-refractivity contribution < 1.29 is 23.1 Å². The molecule has 2 aliphatic heterocycles. The summed E-state index contributed by atoms with van der Waals surface area (Å²) in [6.07, 6.45) is 4.12. The highest BCUT2D eigenvalue weighted by Gasteiger charge is 2.57.